The van der Waals surface area contributed by atoms with E-state index in [1.54, 1.807) is 0 Å². The molecule has 0 saturated heterocycles. The standard InChI is InChI=1S/C14H16N4O2S/c1-18(21(19,20)14-9-16-17-10-14)11-13-6-3-2-5-12(13)7-4-8-15/h2-3,5-6,9-10H,8,11,15H2,1H3,(H,16,17). The van der Waals surface area contributed by atoms with E-state index in [1.165, 1.54) is 23.7 Å². The van der Waals surface area contributed by atoms with Gasteiger partial charge in [-0.2, -0.15) is 9.40 Å². The molecule has 0 saturated carbocycles. The number of aromatic amines is 1. The van der Waals surface area contributed by atoms with Crippen LogP contribution in [0.1, 0.15) is 11.1 Å². The lowest BCUT2D eigenvalue weighted by Gasteiger charge is -2.17. The van der Waals surface area contributed by atoms with E-state index in [2.05, 4.69) is 22.0 Å². The van der Waals surface area contributed by atoms with Crippen LogP contribution < -0.4 is 5.73 Å². The van der Waals surface area contributed by atoms with E-state index in [9.17, 15) is 8.42 Å². The molecule has 0 fully saturated rings. The molecule has 1 heterocycles. The van der Waals surface area contributed by atoms with E-state index in [0.29, 0.717) is 0 Å². The highest BCUT2D eigenvalue weighted by atomic mass is 32.2. The maximum Gasteiger partial charge on any atom is 0.246 e. The summed E-state index contributed by atoms with van der Waals surface area (Å²) in [6, 6.07) is 7.40. The number of nitrogens with one attached hydrogen (secondary N) is 1. The molecule has 0 aliphatic carbocycles. The number of rotatable bonds is 4. The third kappa shape index (κ3) is 3.49. The molecule has 0 bridgehead atoms. The van der Waals surface area contributed by atoms with Crippen LogP contribution in [0.2, 0.25) is 0 Å². The van der Waals surface area contributed by atoms with E-state index in [1.807, 2.05) is 24.3 Å². The van der Waals surface area contributed by atoms with Gasteiger partial charge < -0.3 is 5.73 Å². The molecule has 0 aliphatic rings. The molecular formula is C14H16N4O2S. The highest BCUT2D eigenvalue weighted by Crippen LogP contribution is 2.17. The summed E-state index contributed by atoms with van der Waals surface area (Å²) in [5.74, 6) is 5.73. The zero-order valence-electron chi connectivity index (χ0n) is 11.6. The van der Waals surface area contributed by atoms with Crippen LogP contribution in [-0.2, 0) is 16.6 Å². The van der Waals surface area contributed by atoms with Crippen molar-refractivity contribution in [2.75, 3.05) is 13.6 Å². The van der Waals surface area contributed by atoms with Crippen LogP contribution in [0.25, 0.3) is 0 Å². The van der Waals surface area contributed by atoms with Crippen LogP contribution in [0, 0.1) is 11.8 Å². The fourth-order valence-corrected chi connectivity index (χ4v) is 2.87. The first-order valence-corrected chi connectivity index (χ1v) is 7.71. The minimum atomic E-state index is -3.56. The van der Waals surface area contributed by atoms with Gasteiger partial charge in [-0.05, 0) is 11.6 Å². The Morgan fingerprint density at radius 3 is 2.81 bits per heavy atom. The lowest BCUT2D eigenvalue weighted by Crippen LogP contribution is -2.26. The van der Waals surface area contributed by atoms with Gasteiger partial charge >= 0.3 is 0 Å². The summed E-state index contributed by atoms with van der Waals surface area (Å²) in [6.07, 6.45) is 2.64. The highest BCUT2D eigenvalue weighted by Gasteiger charge is 2.22. The molecule has 7 heteroatoms. The number of nitrogens with two attached hydrogens (primary N) is 1. The van der Waals surface area contributed by atoms with Crippen molar-refractivity contribution < 1.29 is 8.42 Å². The third-order valence-electron chi connectivity index (χ3n) is 2.92. The Morgan fingerprint density at radius 1 is 1.38 bits per heavy atom. The average molecular weight is 304 g/mol. The van der Waals surface area contributed by atoms with Crippen molar-refractivity contribution in [3.8, 4) is 11.8 Å². The first-order chi connectivity index (χ1) is 10.1. The van der Waals surface area contributed by atoms with E-state index >= 15 is 0 Å². The summed E-state index contributed by atoms with van der Waals surface area (Å²) in [4.78, 5) is 0.135. The molecule has 2 rings (SSSR count). The molecule has 0 atom stereocenters. The molecule has 2 aromatic rings. The highest BCUT2D eigenvalue weighted by molar-refractivity contribution is 7.89. The number of hydrogen-bond acceptors (Lipinski definition) is 4. The molecule has 0 amide bonds. The van der Waals surface area contributed by atoms with Gasteiger partial charge in [0.1, 0.15) is 4.90 Å². The summed E-state index contributed by atoms with van der Waals surface area (Å²) in [5, 5.41) is 6.17. The molecule has 0 aliphatic heterocycles. The van der Waals surface area contributed by atoms with Gasteiger partial charge in [0.05, 0.1) is 12.7 Å². The topological polar surface area (TPSA) is 92.1 Å². The van der Waals surface area contributed by atoms with Crippen LogP contribution >= 0.6 is 0 Å². The predicted molar refractivity (Wildman–Crippen MR) is 79.6 cm³/mol. The molecule has 0 spiro atoms. The molecule has 3 N–H and O–H groups in total. The van der Waals surface area contributed by atoms with Crippen molar-refractivity contribution in [2.45, 2.75) is 11.4 Å². The maximum absolute atomic E-state index is 12.3. The Bertz CT molecular complexity index is 758. The minimum Gasteiger partial charge on any atom is -0.320 e. The van der Waals surface area contributed by atoms with Crippen molar-refractivity contribution in [2.24, 2.45) is 5.73 Å². The van der Waals surface area contributed by atoms with Crippen molar-refractivity contribution in [3.05, 3.63) is 47.8 Å². The molecule has 1 aromatic heterocycles. The van der Waals surface area contributed by atoms with Gasteiger partial charge in [-0.1, -0.05) is 30.0 Å². The van der Waals surface area contributed by atoms with Crippen LogP contribution in [0.3, 0.4) is 0 Å². The maximum atomic E-state index is 12.3. The van der Waals surface area contributed by atoms with E-state index in [0.717, 1.165) is 11.1 Å². The van der Waals surface area contributed by atoms with Crippen molar-refractivity contribution in [1.29, 1.82) is 0 Å². The molecule has 1 aromatic carbocycles. The summed E-state index contributed by atoms with van der Waals surface area (Å²) in [6.45, 7) is 0.487. The second-order valence-electron chi connectivity index (χ2n) is 4.36. The number of benzene rings is 1. The van der Waals surface area contributed by atoms with Crippen molar-refractivity contribution in [3.63, 3.8) is 0 Å². The largest absolute Gasteiger partial charge is 0.320 e. The lowest BCUT2D eigenvalue weighted by molar-refractivity contribution is 0.466. The third-order valence-corrected chi connectivity index (χ3v) is 4.69. The van der Waals surface area contributed by atoms with Gasteiger partial charge in [-0.15, -0.1) is 0 Å². The zero-order valence-corrected chi connectivity index (χ0v) is 12.4. The fraction of sp³-hybridized carbons (Fsp3) is 0.214. The Hall–Kier alpha value is -2.14. The number of aromatic nitrogens is 2. The van der Waals surface area contributed by atoms with E-state index < -0.39 is 10.0 Å². The molecule has 21 heavy (non-hydrogen) atoms. The number of sulfonamides is 1. The number of H-pyrrole nitrogens is 1. The molecule has 0 unspecified atom stereocenters. The predicted octanol–water partition coefficient (Wildman–Crippen LogP) is 0.541. The second-order valence-corrected chi connectivity index (χ2v) is 6.40. The van der Waals surface area contributed by atoms with E-state index in [4.69, 9.17) is 5.73 Å². The molecule has 0 radical (unpaired) electrons. The van der Waals surface area contributed by atoms with Gasteiger partial charge in [0.2, 0.25) is 10.0 Å². The molecule has 110 valence electrons. The van der Waals surface area contributed by atoms with Gasteiger partial charge in [0.15, 0.2) is 0 Å². The van der Waals surface area contributed by atoms with Crippen molar-refractivity contribution >= 4 is 10.0 Å². The Kier molecular flexibility index (Phi) is 4.75. The number of nitrogens with zero attached hydrogens (tertiary/aromatic N) is 2. The first kappa shape index (κ1) is 15.3. The van der Waals surface area contributed by atoms with Gasteiger partial charge in [0, 0.05) is 25.4 Å². The van der Waals surface area contributed by atoms with Crippen LogP contribution in [0.5, 0.6) is 0 Å². The smallest absolute Gasteiger partial charge is 0.246 e. The Morgan fingerprint density at radius 2 is 2.14 bits per heavy atom. The van der Waals surface area contributed by atoms with Crippen LogP contribution in [-0.4, -0.2) is 36.5 Å². The SMILES string of the molecule is CN(Cc1ccccc1C#CCN)S(=O)(=O)c1cn[nH]c1. The van der Waals surface area contributed by atoms with Crippen LogP contribution in [0.4, 0.5) is 0 Å². The summed E-state index contributed by atoms with van der Waals surface area (Å²) in [7, 11) is -2.04. The minimum absolute atomic E-state index is 0.135. The average Bonchev–Trinajstić information content (AvgIpc) is 3.01. The molecule has 6 nitrogen and oxygen atoms in total. The Labute approximate surface area is 124 Å². The van der Waals surface area contributed by atoms with Crippen molar-refractivity contribution in [1.82, 2.24) is 14.5 Å². The second kappa shape index (κ2) is 6.54. The van der Waals surface area contributed by atoms with Gasteiger partial charge in [-0.3, -0.25) is 5.10 Å². The quantitative estimate of drug-likeness (QED) is 0.806. The lowest BCUT2D eigenvalue weighted by atomic mass is 10.1. The summed E-state index contributed by atoms with van der Waals surface area (Å²) in [5.41, 5.74) is 6.97. The summed E-state index contributed by atoms with van der Waals surface area (Å²) < 4.78 is 25.9. The summed E-state index contributed by atoms with van der Waals surface area (Å²) >= 11 is 0. The Balaban J connectivity index is 2.26. The zero-order chi connectivity index (χ0) is 15.3. The number of hydrogen-bond donors (Lipinski definition) is 2. The monoisotopic (exact) mass is 304 g/mol. The van der Waals surface area contributed by atoms with Crippen LogP contribution in [0.15, 0.2) is 41.6 Å². The fourth-order valence-electron chi connectivity index (χ4n) is 1.81. The van der Waals surface area contributed by atoms with E-state index in [-0.39, 0.29) is 18.0 Å². The van der Waals surface area contributed by atoms with Gasteiger partial charge in [0.25, 0.3) is 0 Å². The normalized spacial score (nSPS) is 11.2. The molecular weight excluding hydrogens is 288 g/mol. The first-order valence-electron chi connectivity index (χ1n) is 6.27. The van der Waals surface area contributed by atoms with Gasteiger partial charge in [-0.25, -0.2) is 8.42 Å².